The van der Waals surface area contributed by atoms with Crippen LogP contribution in [0.1, 0.15) is 24.3 Å². The molecule has 0 radical (unpaired) electrons. The number of hydrogen-bond donors (Lipinski definition) is 0. The highest BCUT2D eigenvalue weighted by Crippen LogP contribution is 2.44. The fourth-order valence-corrected chi connectivity index (χ4v) is 2.38. The van der Waals surface area contributed by atoms with Crippen LogP contribution in [0.4, 0.5) is 8.78 Å². The van der Waals surface area contributed by atoms with Gasteiger partial charge >= 0.3 is 0 Å². The van der Waals surface area contributed by atoms with Gasteiger partial charge in [-0.1, -0.05) is 0 Å². The number of rotatable bonds is 2. The standard InChI is InChI=1S/C14H10F2N4/c15-9-3-4-20-12(5-9)18-14(19-20)10-6-17-7-11(16)13(10)8-1-2-8/h3-8H,1-2H2. The first-order valence-electron chi connectivity index (χ1n) is 6.38. The van der Waals surface area contributed by atoms with E-state index >= 15 is 0 Å². The minimum absolute atomic E-state index is 0.219. The summed E-state index contributed by atoms with van der Waals surface area (Å²) in [5, 5.41) is 4.27. The van der Waals surface area contributed by atoms with E-state index in [2.05, 4.69) is 15.1 Å². The molecule has 3 aromatic rings. The van der Waals surface area contributed by atoms with Crippen LogP contribution in [0.15, 0.2) is 30.7 Å². The molecular weight excluding hydrogens is 262 g/mol. The summed E-state index contributed by atoms with van der Waals surface area (Å²) in [6.07, 6.45) is 6.21. The topological polar surface area (TPSA) is 43.1 Å². The maximum atomic E-state index is 14.0. The minimum atomic E-state index is -0.378. The van der Waals surface area contributed by atoms with E-state index in [1.54, 1.807) is 6.20 Å². The third-order valence-corrected chi connectivity index (χ3v) is 3.47. The van der Waals surface area contributed by atoms with Crippen molar-refractivity contribution < 1.29 is 8.78 Å². The van der Waals surface area contributed by atoms with Crippen LogP contribution in [-0.4, -0.2) is 19.6 Å². The molecule has 3 heterocycles. The number of nitrogens with zero attached hydrogens (tertiary/aromatic N) is 4. The molecule has 0 N–H and O–H groups in total. The molecule has 0 unspecified atom stereocenters. The van der Waals surface area contributed by atoms with Crippen molar-refractivity contribution in [2.45, 2.75) is 18.8 Å². The van der Waals surface area contributed by atoms with Crippen LogP contribution >= 0.6 is 0 Å². The third-order valence-electron chi connectivity index (χ3n) is 3.47. The Morgan fingerprint density at radius 3 is 2.85 bits per heavy atom. The van der Waals surface area contributed by atoms with Crippen LogP contribution < -0.4 is 0 Å². The molecule has 100 valence electrons. The maximum absolute atomic E-state index is 14.0. The predicted molar refractivity (Wildman–Crippen MR) is 68.1 cm³/mol. The lowest BCUT2D eigenvalue weighted by Crippen LogP contribution is -1.96. The fraction of sp³-hybridized carbons (Fsp3) is 0.214. The Bertz CT molecular complexity index is 808. The monoisotopic (exact) mass is 272 g/mol. The summed E-state index contributed by atoms with van der Waals surface area (Å²) in [6, 6.07) is 2.59. The number of hydrogen-bond acceptors (Lipinski definition) is 3. The summed E-state index contributed by atoms with van der Waals surface area (Å²) in [6.45, 7) is 0. The van der Waals surface area contributed by atoms with Crippen LogP contribution in [0.5, 0.6) is 0 Å². The van der Waals surface area contributed by atoms with E-state index in [1.807, 2.05) is 0 Å². The van der Waals surface area contributed by atoms with Crippen molar-refractivity contribution in [2.24, 2.45) is 0 Å². The summed E-state index contributed by atoms with van der Waals surface area (Å²) in [5.41, 5.74) is 1.61. The zero-order valence-corrected chi connectivity index (χ0v) is 10.4. The molecule has 4 nitrogen and oxygen atoms in total. The van der Waals surface area contributed by atoms with Crippen molar-refractivity contribution in [1.29, 1.82) is 0 Å². The van der Waals surface area contributed by atoms with Crippen molar-refractivity contribution in [1.82, 2.24) is 19.6 Å². The lowest BCUT2D eigenvalue weighted by atomic mass is 10.1. The number of fused-ring (bicyclic) bond motifs is 1. The minimum Gasteiger partial charge on any atom is -0.261 e. The smallest absolute Gasteiger partial charge is 0.184 e. The van der Waals surface area contributed by atoms with Crippen LogP contribution in [0, 0.1) is 11.6 Å². The van der Waals surface area contributed by atoms with Crippen molar-refractivity contribution >= 4 is 5.65 Å². The normalized spacial score (nSPS) is 14.9. The highest BCUT2D eigenvalue weighted by atomic mass is 19.1. The van der Waals surface area contributed by atoms with Crippen LogP contribution in [-0.2, 0) is 0 Å². The zero-order chi connectivity index (χ0) is 13.7. The van der Waals surface area contributed by atoms with Gasteiger partial charge in [0.1, 0.15) is 11.6 Å². The summed E-state index contributed by atoms with van der Waals surface area (Å²) < 4.78 is 28.6. The summed E-state index contributed by atoms with van der Waals surface area (Å²) >= 11 is 0. The van der Waals surface area contributed by atoms with E-state index in [-0.39, 0.29) is 17.6 Å². The second kappa shape index (κ2) is 4.06. The van der Waals surface area contributed by atoms with Gasteiger partial charge in [-0.2, -0.15) is 0 Å². The molecule has 0 aromatic carbocycles. The second-order valence-corrected chi connectivity index (χ2v) is 4.94. The predicted octanol–water partition coefficient (Wildman–Crippen LogP) is 2.95. The van der Waals surface area contributed by atoms with Crippen LogP contribution in [0.2, 0.25) is 0 Å². The van der Waals surface area contributed by atoms with Gasteiger partial charge < -0.3 is 0 Å². The lowest BCUT2D eigenvalue weighted by Gasteiger charge is -2.05. The quantitative estimate of drug-likeness (QED) is 0.720. The Labute approximate surface area is 113 Å². The molecule has 1 saturated carbocycles. The highest BCUT2D eigenvalue weighted by Gasteiger charge is 2.30. The fourth-order valence-electron chi connectivity index (χ4n) is 2.38. The van der Waals surface area contributed by atoms with Crippen molar-refractivity contribution in [3.63, 3.8) is 0 Å². The molecule has 0 spiro atoms. The first-order chi connectivity index (χ1) is 9.72. The van der Waals surface area contributed by atoms with Gasteiger partial charge in [-0.05, 0) is 24.8 Å². The molecule has 0 atom stereocenters. The maximum Gasteiger partial charge on any atom is 0.184 e. The molecular formula is C14H10F2N4. The van der Waals surface area contributed by atoms with Gasteiger partial charge in [-0.3, -0.25) is 4.98 Å². The number of aromatic nitrogens is 4. The molecule has 3 aromatic heterocycles. The Hall–Kier alpha value is -2.37. The van der Waals surface area contributed by atoms with E-state index in [9.17, 15) is 8.78 Å². The molecule has 20 heavy (non-hydrogen) atoms. The summed E-state index contributed by atoms with van der Waals surface area (Å²) in [4.78, 5) is 8.14. The Morgan fingerprint density at radius 1 is 1.20 bits per heavy atom. The molecule has 4 rings (SSSR count). The van der Waals surface area contributed by atoms with E-state index in [0.29, 0.717) is 22.6 Å². The summed E-state index contributed by atoms with van der Waals surface area (Å²) in [7, 11) is 0. The van der Waals surface area contributed by atoms with Gasteiger partial charge in [0.2, 0.25) is 0 Å². The first kappa shape index (κ1) is 11.5. The Kier molecular flexibility index (Phi) is 2.33. The van der Waals surface area contributed by atoms with E-state index in [1.165, 1.54) is 29.0 Å². The van der Waals surface area contributed by atoms with E-state index < -0.39 is 0 Å². The van der Waals surface area contributed by atoms with Crippen molar-refractivity contribution in [2.75, 3.05) is 0 Å². The van der Waals surface area contributed by atoms with Crippen molar-refractivity contribution in [3.05, 3.63) is 47.9 Å². The SMILES string of the molecule is Fc1ccn2nc(-c3cncc(F)c3C3CC3)nc2c1. The molecule has 1 aliphatic carbocycles. The molecule has 6 heteroatoms. The first-order valence-corrected chi connectivity index (χ1v) is 6.38. The second-order valence-electron chi connectivity index (χ2n) is 4.94. The number of pyridine rings is 2. The van der Waals surface area contributed by atoms with Crippen LogP contribution in [0.25, 0.3) is 17.0 Å². The molecule has 0 amide bonds. The zero-order valence-electron chi connectivity index (χ0n) is 10.4. The molecule has 1 aliphatic rings. The largest absolute Gasteiger partial charge is 0.261 e. The van der Waals surface area contributed by atoms with Gasteiger partial charge in [0.05, 0.1) is 6.20 Å². The van der Waals surface area contributed by atoms with Gasteiger partial charge in [0.15, 0.2) is 11.5 Å². The highest BCUT2D eigenvalue weighted by molar-refractivity contribution is 5.63. The van der Waals surface area contributed by atoms with E-state index in [0.717, 1.165) is 12.8 Å². The van der Waals surface area contributed by atoms with Crippen molar-refractivity contribution in [3.8, 4) is 11.4 Å². The Balaban J connectivity index is 1.92. The van der Waals surface area contributed by atoms with Gasteiger partial charge in [-0.15, -0.1) is 5.10 Å². The average Bonchev–Trinajstić information content (AvgIpc) is 3.17. The van der Waals surface area contributed by atoms with E-state index in [4.69, 9.17) is 0 Å². The van der Waals surface area contributed by atoms with Gasteiger partial charge in [0, 0.05) is 29.6 Å². The third kappa shape index (κ3) is 1.76. The van der Waals surface area contributed by atoms with Gasteiger partial charge in [-0.25, -0.2) is 18.3 Å². The lowest BCUT2D eigenvalue weighted by molar-refractivity contribution is 0.605. The molecule has 0 bridgehead atoms. The summed E-state index contributed by atoms with van der Waals surface area (Å²) in [5.74, 6) is -0.105. The van der Waals surface area contributed by atoms with Gasteiger partial charge in [0.25, 0.3) is 0 Å². The number of halogens is 2. The molecule has 0 saturated heterocycles. The molecule has 0 aliphatic heterocycles. The average molecular weight is 272 g/mol. The Morgan fingerprint density at radius 2 is 2.05 bits per heavy atom. The molecule has 1 fully saturated rings. The van der Waals surface area contributed by atoms with Crippen LogP contribution in [0.3, 0.4) is 0 Å².